The minimum Gasteiger partial charge on any atom is -0.381 e. The summed E-state index contributed by atoms with van der Waals surface area (Å²) in [5.74, 6) is 1.27. The summed E-state index contributed by atoms with van der Waals surface area (Å²) in [5.41, 5.74) is 1.48. The van der Waals surface area contributed by atoms with Gasteiger partial charge in [-0.05, 0) is 30.4 Å². The monoisotopic (exact) mass is 332 g/mol. The number of fused-ring (bicyclic) bond motifs is 1. The van der Waals surface area contributed by atoms with Crippen molar-refractivity contribution in [3.8, 4) is 0 Å². The molecule has 2 atom stereocenters. The number of aromatic nitrogens is 1. The molecular weight excluding hydrogens is 304 g/mol. The molecule has 132 valence electrons. The zero-order valence-electron chi connectivity index (χ0n) is 14.4. The van der Waals surface area contributed by atoms with Gasteiger partial charge in [0.05, 0.1) is 19.8 Å². The first kappa shape index (κ1) is 16.5. The molecule has 0 aliphatic carbocycles. The van der Waals surface area contributed by atoms with Crippen LogP contribution in [-0.2, 0) is 20.8 Å². The maximum absolute atomic E-state index is 6.19. The lowest BCUT2D eigenvalue weighted by Gasteiger charge is -2.29. The zero-order valence-corrected chi connectivity index (χ0v) is 14.4. The molecule has 0 unspecified atom stereocenters. The summed E-state index contributed by atoms with van der Waals surface area (Å²) in [6.07, 6.45) is 6.08. The molecular formula is C19H28N2O3. The standard InChI is InChI=1S/C19H28N2O3/c1-2-17(8-20-5-1)9-21-10-18-12-24-15-19(18,13-21)14-23-11-16-3-6-22-7-4-16/h1-2,5,8,16,18H,3-4,6-7,9-15H2/t18-,19-/m1/s1. The van der Waals surface area contributed by atoms with Gasteiger partial charge in [-0.2, -0.15) is 0 Å². The third-order valence-electron chi connectivity index (χ3n) is 5.80. The largest absolute Gasteiger partial charge is 0.381 e. The highest BCUT2D eigenvalue weighted by atomic mass is 16.5. The van der Waals surface area contributed by atoms with Crippen LogP contribution in [0.1, 0.15) is 18.4 Å². The number of hydrogen-bond acceptors (Lipinski definition) is 5. The molecule has 24 heavy (non-hydrogen) atoms. The van der Waals surface area contributed by atoms with E-state index in [0.29, 0.717) is 11.8 Å². The van der Waals surface area contributed by atoms with Crippen molar-refractivity contribution in [3.05, 3.63) is 30.1 Å². The van der Waals surface area contributed by atoms with Crippen LogP contribution in [0.4, 0.5) is 0 Å². The van der Waals surface area contributed by atoms with Gasteiger partial charge in [-0.25, -0.2) is 0 Å². The predicted octanol–water partition coefficient (Wildman–Crippen LogP) is 1.97. The van der Waals surface area contributed by atoms with Gasteiger partial charge in [0.25, 0.3) is 0 Å². The number of likely N-dealkylation sites (tertiary alicyclic amines) is 1. The molecule has 0 aromatic carbocycles. The van der Waals surface area contributed by atoms with Crippen LogP contribution in [0, 0.1) is 17.3 Å². The van der Waals surface area contributed by atoms with E-state index in [1.807, 2.05) is 18.5 Å². The van der Waals surface area contributed by atoms with Crippen LogP contribution in [0.25, 0.3) is 0 Å². The van der Waals surface area contributed by atoms with Crippen molar-refractivity contribution in [2.45, 2.75) is 19.4 Å². The Morgan fingerprint density at radius 2 is 2.21 bits per heavy atom. The maximum Gasteiger partial charge on any atom is 0.0561 e. The van der Waals surface area contributed by atoms with Crippen molar-refractivity contribution in [1.29, 1.82) is 0 Å². The smallest absolute Gasteiger partial charge is 0.0561 e. The topological polar surface area (TPSA) is 43.8 Å². The molecule has 4 heterocycles. The lowest BCUT2D eigenvalue weighted by Crippen LogP contribution is -2.36. The van der Waals surface area contributed by atoms with E-state index in [0.717, 1.165) is 72.1 Å². The molecule has 3 saturated heterocycles. The first-order valence-electron chi connectivity index (χ1n) is 9.19. The predicted molar refractivity (Wildman–Crippen MR) is 90.6 cm³/mol. The summed E-state index contributed by atoms with van der Waals surface area (Å²) in [7, 11) is 0. The van der Waals surface area contributed by atoms with Crippen LogP contribution in [0.5, 0.6) is 0 Å². The number of hydrogen-bond donors (Lipinski definition) is 0. The molecule has 0 N–H and O–H groups in total. The SMILES string of the molecule is c1cncc(CN2C[C@@H]3COC[C@]3(COCC3CCOCC3)C2)c1. The van der Waals surface area contributed by atoms with Gasteiger partial charge in [0.15, 0.2) is 0 Å². The normalized spacial score (nSPS) is 31.4. The van der Waals surface area contributed by atoms with E-state index in [1.165, 1.54) is 5.56 Å². The molecule has 3 aliphatic rings. The second-order valence-corrected chi connectivity index (χ2v) is 7.68. The van der Waals surface area contributed by atoms with E-state index in [-0.39, 0.29) is 5.41 Å². The highest BCUT2D eigenvalue weighted by Gasteiger charge is 2.50. The average molecular weight is 332 g/mol. The van der Waals surface area contributed by atoms with E-state index in [1.54, 1.807) is 0 Å². The van der Waals surface area contributed by atoms with E-state index >= 15 is 0 Å². The Kier molecular flexibility index (Phi) is 5.13. The van der Waals surface area contributed by atoms with Gasteiger partial charge in [0.2, 0.25) is 0 Å². The average Bonchev–Trinajstić information content (AvgIpc) is 3.13. The van der Waals surface area contributed by atoms with Gasteiger partial charge in [0, 0.05) is 63.2 Å². The van der Waals surface area contributed by atoms with Gasteiger partial charge in [-0.1, -0.05) is 6.07 Å². The Hall–Kier alpha value is -1.01. The van der Waals surface area contributed by atoms with E-state index in [9.17, 15) is 0 Å². The summed E-state index contributed by atoms with van der Waals surface area (Å²) in [6, 6.07) is 4.17. The fourth-order valence-electron chi connectivity index (χ4n) is 4.36. The fraction of sp³-hybridized carbons (Fsp3) is 0.737. The third-order valence-corrected chi connectivity index (χ3v) is 5.80. The van der Waals surface area contributed by atoms with Crippen LogP contribution in [-0.4, -0.2) is 62.6 Å². The number of rotatable bonds is 6. The Morgan fingerprint density at radius 1 is 1.29 bits per heavy atom. The summed E-state index contributed by atoms with van der Waals surface area (Å²) in [6.45, 7) is 8.37. The molecule has 5 nitrogen and oxygen atoms in total. The van der Waals surface area contributed by atoms with Crippen molar-refractivity contribution in [3.63, 3.8) is 0 Å². The maximum atomic E-state index is 6.19. The quantitative estimate of drug-likeness (QED) is 0.797. The second-order valence-electron chi connectivity index (χ2n) is 7.68. The molecule has 0 bridgehead atoms. The van der Waals surface area contributed by atoms with Gasteiger partial charge < -0.3 is 14.2 Å². The molecule has 1 aromatic rings. The summed E-state index contributed by atoms with van der Waals surface area (Å²) in [5, 5.41) is 0. The Balaban J connectivity index is 1.31. The van der Waals surface area contributed by atoms with Crippen LogP contribution in [0.3, 0.4) is 0 Å². The van der Waals surface area contributed by atoms with E-state index in [2.05, 4.69) is 16.0 Å². The minimum absolute atomic E-state index is 0.188. The Labute approximate surface area is 144 Å². The van der Waals surface area contributed by atoms with Crippen LogP contribution < -0.4 is 0 Å². The van der Waals surface area contributed by atoms with Crippen molar-refractivity contribution >= 4 is 0 Å². The number of pyridine rings is 1. The number of ether oxygens (including phenoxy) is 3. The highest BCUT2D eigenvalue weighted by Crippen LogP contribution is 2.42. The molecule has 3 aliphatic heterocycles. The van der Waals surface area contributed by atoms with E-state index < -0.39 is 0 Å². The van der Waals surface area contributed by atoms with Crippen molar-refractivity contribution in [2.75, 3.05) is 52.7 Å². The van der Waals surface area contributed by atoms with Crippen LogP contribution in [0.2, 0.25) is 0 Å². The van der Waals surface area contributed by atoms with Gasteiger partial charge >= 0.3 is 0 Å². The molecule has 1 aromatic heterocycles. The Morgan fingerprint density at radius 3 is 3.04 bits per heavy atom. The van der Waals surface area contributed by atoms with Crippen molar-refractivity contribution < 1.29 is 14.2 Å². The third kappa shape index (κ3) is 3.64. The first-order chi connectivity index (χ1) is 11.8. The Bertz CT molecular complexity index is 521. The van der Waals surface area contributed by atoms with Crippen molar-refractivity contribution in [1.82, 2.24) is 9.88 Å². The summed E-state index contributed by atoms with van der Waals surface area (Å²) in [4.78, 5) is 6.78. The van der Waals surface area contributed by atoms with Crippen LogP contribution in [0.15, 0.2) is 24.5 Å². The minimum atomic E-state index is 0.188. The molecule has 5 heteroatoms. The molecule has 0 spiro atoms. The zero-order chi connectivity index (χ0) is 16.2. The van der Waals surface area contributed by atoms with E-state index in [4.69, 9.17) is 14.2 Å². The second kappa shape index (κ2) is 7.48. The van der Waals surface area contributed by atoms with Gasteiger partial charge in [-0.3, -0.25) is 9.88 Å². The molecule has 0 saturated carbocycles. The fourth-order valence-corrected chi connectivity index (χ4v) is 4.36. The lowest BCUT2D eigenvalue weighted by molar-refractivity contribution is -0.0157. The van der Waals surface area contributed by atoms with Gasteiger partial charge in [-0.15, -0.1) is 0 Å². The summed E-state index contributed by atoms with van der Waals surface area (Å²) >= 11 is 0. The van der Waals surface area contributed by atoms with Gasteiger partial charge in [0.1, 0.15) is 0 Å². The molecule has 0 radical (unpaired) electrons. The molecule has 3 fully saturated rings. The molecule has 0 amide bonds. The van der Waals surface area contributed by atoms with Crippen molar-refractivity contribution in [2.24, 2.45) is 17.3 Å². The first-order valence-corrected chi connectivity index (χ1v) is 9.19. The summed E-state index contributed by atoms with van der Waals surface area (Å²) < 4.78 is 17.4. The van der Waals surface area contributed by atoms with Crippen LogP contribution >= 0.6 is 0 Å². The lowest BCUT2D eigenvalue weighted by atomic mass is 9.82. The molecule has 4 rings (SSSR count). The number of nitrogens with zero attached hydrogens (tertiary/aromatic N) is 2. The highest BCUT2D eigenvalue weighted by molar-refractivity contribution is 5.10.